The summed E-state index contributed by atoms with van der Waals surface area (Å²) in [4.78, 5) is 46.4. The normalized spacial score (nSPS) is 10.4. The highest BCUT2D eigenvalue weighted by Gasteiger charge is 2.14. The van der Waals surface area contributed by atoms with Crippen LogP contribution < -0.4 is 5.32 Å². The van der Waals surface area contributed by atoms with Gasteiger partial charge in [-0.15, -0.1) is 68.2 Å². The summed E-state index contributed by atoms with van der Waals surface area (Å²) in [6, 6.07) is 58.1. The van der Waals surface area contributed by atoms with Gasteiger partial charge in [0.1, 0.15) is 5.82 Å². The fraction of sp³-hybridized carbons (Fsp3) is 0.169. The van der Waals surface area contributed by atoms with Crippen molar-refractivity contribution in [1.82, 2.24) is 49.8 Å². The zero-order chi connectivity index (χ0) is 73.7. The number of nitrogens with one attached hydrogen (secondary N) is 1. The van der Waals surface area contributed by atoms with Crippen LogP contribution in [-0.4, -0.2) is 56.4 Å². The number of terminal acetylenes is 5. The van der Waals surface area contributed by atoms with E-state index in [0.29, 0.717) is 28.0 Å². The molecule has 0 bridgehead atoms. The molecule has 0 saturated carbocycles. The van der Waals surface area contributed by atoms with Gasteiger partial charge in [-0.2, -0.15) is 0 Å². The number of halogens is 5. The maximum Gasteiger partial charge on any atom is 0.123 e. The van der Waals surface area contributed by atoms with Crippen LogP contribution in [0.3, 0.4) is 0 Å². The average Bonchev–Trinajstić information content (AvgIpc) is 0.805. The Morgan fingerprint density at radius 1 is 0.343 bits per heavy atom. The van der Waals surface area contributed by atoms with E-state index < -0.39 is 0 Å². The summed E-state index contributed by atoms with van der Waals surface area (Å²) < 4.78 is 13.1. The van der Waals surface area contributed by atoms with Gasteiger partial charge in [-0.25, -0.2) is 49.2 Å². The molecule has 0 fully saturated rings. The molecule has 105 heavy (non-hydrogen) atoms. The molecule has 5 aromatic heterocycles. The van der Waals surface area contributed by atoms with Gasteiger partial charge in [-0.3, -0.25) is 4.98 Å². The lowest BCUT2D eigenvalue weighted by atomic mass is 10.1. The minimum atomic E-state index is -0.258. The van der Waals surface area contributed by atoms with Crippen molar-refractivity contribution in [2.45, 2.75) is 92.9 Å². The quantitative estimate of drug-likeness (QED) is 0.104. The predicted octanol–water partition coefficient (Wildman–Crippen LogP) is 21.5. The van der Waals surface area contributed by atoms with Crippen molar-refractivity contribution >= 4 is 108 Å². The molecule has 0 spiro atoms. The Hall–Kier alpha value is -11.6. The predicted molar refractivity (Wildman–Crippen MR) is 436 cm³/mol. The average molecular weight is 1460 g/mol. The number of nitrogens with zero attached hydrogens (tertiary/aromatic N) is 10. The fourth-order valence-electron chi connectivity index (χ4n) is 11.3. The van der Waals surface area contributed by atoms with Crippen LogP contribution in [0.2, 0.25) is 15.1 Å². The molecule has 5 heterocycles. The molecule has 0 aliphatic heterocycles. The Balaban J connectivity index is 0.000000153. The molecule has 14 aromatic rings. The summed E-state index contributed by atoms with van der Waals surface area (Å²) in [5.41, 5.74) is 27.5. The third-order valence-electron chi connectivity index (χ3n) is 16.7. The van der Waals surface area contributed by atoms with E-state index in [4.69, 9.17) is 91.8 Å². The number of hydrogen-bond donors (Lipinski definition) is 1. The number of rotatable bonds is 14. The molecule has 0 aliphatic rings. The molecule has 0 unspecified atom stereocenters. The first-order valence-corrected chi connectivity index (χ1v) is 34.8. The number of hydrogen-bond acceptors (Lipinski definition) is 11. The smallest absolute Gasteiger partial charge is 0.123 e. The van der Waals surface area contributed by atoms with E-state index in [-0.39, 0.29) is 18.2 Å². The van der Waals surface area contributed by atoms with Crippen LogP contribution in [0.4, 0.5) is 10.1 Å². The molecule has 0 amide bonds. The lowest BCUT2D eigenvalue weighted by Gasteiger charge is -2.09. The van der Waals surface area contributed by atoms with Gasteiger partial charge in [0, 0.05) is 64.8 Å². The molecular formula is C89H74Cl4FN11. The van der Waals surface area contributed by atoms with E-state index in [1.807, 2.05) is 120 Å². The molecular weight excluding hydrogens is 1380 g/mol. The maximum atomic E-state index is 13.1. The lowest BCUT2D eigenvalue weighted by molar-refractivity contribution is 0.628. The number of aryl methyl sites for hydroxylation is 10. The van der Waals surface area contributed by atoms with E-state index in [0.717, 1.165) is 185 Å². The molecule has 0 saturated heterocycles. The standard InChI is InChI=1S/C20H18N2.C19H15ClN2.C19H15FN2.C18H13Cl2N3.C13H12N2.ClH/c1-4-5-6-16-9-12-18-19(13-16)22-20(15(3)21-18)17-10-7-14(2)8-11-17;2*1-3-4-5-14-6-11-17-18(12-14)22-19(13(2)21-17)15-7-9-16(20)10-8-15;1-3-8-21-13-5-7-16-17(10-13)23-18(11(2)22-16)12-4-6-14(19)15(20)9-12;1-3-4-5-11-6-7-12-13(8-11)14-9-10(2)15-12;/h1,7-13H,5-6H2,2-3H3;2*1,6-12H,4-5H2,2H3;1,4-7,9-10,21H,8H2,2H3;1,6-9H,4-5H2,2H3;1H. The van der Waals surface area contributed by atoms with E-state index in [9.17, 15) is 4.39 Å². The highest BCUT2D eigenvalue weighted by molar-refractivity contribution is 6.42. The highest BCUT2D eigenvalue weighted by atomic mass is 35.5. The van der Waals surface area contributed by atoms with Crippen molar-refractivity contribution in [3.8, 4) is 107 Å². The Kier molecular flexibility index (Phi) is 27.7. The van der Waals surface area contributed by atoms with E-state index in [1.165, 1.54) is 34.4 Å². The van der Waals surface area contributed by atoms with Crippen LogP contribution in [0, 0.1) is 109 Å². The minimum absolute atomic E-state index is 0. The van der Waals surface area contributed by atoms with Crippen molar-refractivity contribution in [2.24, 2.45) is 0 Å². The number of fused-ring (bicyclic) bond motifs is 5. The van der Waals surface area contributed by atoms with E-state index >= 15 is 0 Å². The second kappa shape index (κ2) is 37.5. The number of aromatic nitrogens is 10. The molecule has 1 N–H and O–H groups in total. The first-order chi connectivity index (χ1) is 50.4. The number of anilines is 1. The fourth-order valence-corrected chi connectivity index (χ4v) is 11.7. The minimum Gasteiger partial charge on any atom is -0.374 e. The molecule has 11 nitrogen and oxygen atoms in total. The second-order valence-corrected chi connectivity index (χ2v) is 25.8. The van der Waals surface area contributed by atoms with Gasteiger partial charge in [0.2, 0.25) is 0 Å². The van der Waals surface area contributed by atoms with Crippen LogP contribution in [0.1, 0.15) is 82.0 Å². The van der Waals surface area contributed by atoms with Gasteiger partial charge in [0.25, 0.3) is 0 Å². The molecule has 16 heteroatoms. The summed E-state index contributed by atoms with van der Waals surface area (Å²) in [5.74, 6) is 12.9. The molecule has 9 aromatic carbocycles. The zero-order valence-electron chi connectivity index (χ0n) is 59.0. The van der Waals surface area contributed by atoms with Crippen LogP contribution in [-0.2, 0) is 25.7 Å². The van der Waals surface area contributed by atoms with Crippen LogP contribution >= 0.6 is 47.2 Å². The van der Waals surface area contributed by atoms with Crippen molar-refractivity contribution in [2.75, 3.05) is 11.9 Å². The Labute approximate surface area is 634 Å². The second-order valence-electron chi connectivity index (χ2n) is 24.5. The molecule has 520 valence electrons. The summed E-state index contributed by atoms with van der Waals surface area (Å²) in [7, 11) is 0. The Bertz CT molecular complexity index is 5300. The van der Waals surface area contributed by atoms with Gasteiger partial charge in [-0.05, 0) is 205 Å². The molecule has 0 radical (unpaired) electrons. The third-order valence-corrected chi connectivity index (χ3v) is 17.6. The molecule has 0 aliphatic carbocycles. The first-order valence-electron chi connectivity index (χ1n) is 33.7. The van der Waals surface area contributed by atoms with Gasteiger partial charge >= 0.3 is 0 Å². The SMILES string of the molecule is C#CCCc1ccc2nc(C)c(-c3ccc(C)cc3)nc2c1.C#CCCc1ccc2nc(C)c(-c3ccc(Cl)cc3)nc2c1.C#CCCc1ccc2nc(C)c(-c3ccc(F)cc3)nc2c1.C#CCCc1ccc2nc(C)cnc2c1.C#CCNc1ccc2nc(C)c(-c3ccc(Cl)c(Cl)c3)nc2c1.Cl. The monoisotopic (exact) mass is 1460 g/mol. The Morgan fingerprint density at radius 2 is 0.695 bits per heavy atom. The van der Waals surface area contributed by atoms with Crippen LogP contribution in [0.25, 0.3) is 100 Å². The molecule has 14 rings (SSSR count). The van der Waals surface area contributed by atoms with Gasteiger partial charge in [0.05, 0.1) is 123 Å². The zero-order valence-corrected chi connectivity index (χ0v) is 62.1. The molecule has 0 atom stereocenters. The summed E-state index contributed by atoms with van der Waals surface area (Å²) in [6.07, 6.45) is 34.7. The van der Waals surface area contributed by atoms with Crippen molar-refractivity contribution in [1.29, 1.82) is 0 Å². The van der Waals surface area contributed by atoms with Crippen LogP contribution in [0.15, 0.2) is 188 Å². The van der Waals surface area contributed by atoms with Crippen molar-refractivity contribution in [3.05, 3.63) is 265 Å². The van der Waals surface area contributed by atoms with Gasteiger partial charge < -0.3 is 5.32 Å². The maximum absolute atomic E-state index is 13.1. The summed E-state index contributed by atoms with van der Waals surface area (Å²) >= 11 is 18.0. The van der Waals surface area contributed by atoms with Crippen molar-refractivity contribution in [3.63, 3.8) is 0 Å². The van der Waals surface area contributed by atoms with Crippen LogP contribution in [0.5, 0.6) is 0 Å². The highest BCUT2D eigenvalue weighted by Crippen LogP contribution is 2.32. The van der Waals surface area contributed by atoms with Gasteiger partial charge in [-0.1, -0.05) is 113 Å². The summed E-state index contributed by atoms with van der Waals surface area (Å²) in [5, 5.41) is 4.86. The third kappa shape index (κ3) is 21.0. The lowest BCUT2D eigenvalue weighted by Crippen LogP contribution is -1.99. The van der Waals surface area contributed by atoms with Gasteiger partial charge in [0.15, 0.2) is 0 Å². The largest absolute Gasteiger partial charge is 0.374 e. The first kappa shape index (κ1) is 77.5. The van der Waals surface area contributed by atoms with E-state index in [2.05, 4.69) is 127 Å². The van der Waals surface area contributed by atoms with E-state index in [1.54, 1.807) is 30.5 Å². The summed E-state index contributed by atoms with van der Waals surface area (Å²) in [6.45, 7) is 12.3. The topological polar surface area (TPSA) is 141 Å². The number of benzene rings is 9. The van der Waals surface area contributed by atoms with Crippen molar-refractivity contribution < 1.29 is 4.39 Å². The Morgan fingerprint density at radius 3 is 1.10 bits per heavy atom.